The molecule has 7 nitrogen and oxygen atoms in total. The van der Waals surface area contributed by atoms with Gasteiger partial charge in [-0.25, -0.2) is 4.98 Å². The van der Waals surface area contributed by atoms with Gasteiger partial charge in [0.05, 0.1) is 6.20 Å². The van der Waals surface area contributed by atoms with Crippen LogP contribution in [0.3, 0.4) is 0 Å². The van der Waals surface area contributed by atoms with E-state index >= 15 is 0 Å². The van der Waals surface area contributed by atoms with Crippen molar-refractivity contribution in [3.8, 4) is 11.3 Å². The quantitative estimate of drug-likeness (QED) is 0.538. The van der Waals surface area contributed by atoms with Gasteiger partial charge in [-0.1, -0.05) is 29.5 Å². The number of amides is 1. The van der Waals surface area contributed by atoms with Gasteiger partial charge in [0.1, 0.15) is 11.5 Å². The first-order chi connectivity index (χ1) is 15.1. The fraction of sp³-hybridized carbons (Fsp3) is 0.250. The number of likely N-dealkylation sites (tertiary alicyclic amines) is 1. The molecule has 2 aromatic carbocycles. The summed E-state index contributed by atoms with van der Waals surface area (Å²) in [7, 11) is 1.84. The van der Waals surface area contributed by atoms with Crippen molar-refractivity contribution in [3.63, 3.8) is 0 Å². The first-order valence-electron chi connectivity index (χ1n) is 10.5. The lowest BCUT2D eigenvalue weighted by Gasteiger charge is -2.15. The van der Waals surface area contributed by atoms with Gasteiger partial charge in [0.15, 0.2) is 0 Å². The molecule has 156 valence electrons. The van der Waals surface area contributed by atoms with Crippen LogP contribution in [0.4, 0.5) is 5.82 Å². The highest BCUT2D eigenvalue weighted by Crippen LogP contribution is 2.24. The molecule has 1 fully saturated rings. The molecular weight excluding hydrogens is 388 g/mol. The second kappa shape index (κ2) is 8.28. The number of carbonyl (C=O) groups excluding carboxylic acids is 1. The molecule has 0 bridgehead atoms. The Morgan fingerprint density at radius 3 is 2.74 bits per heavy atom. The van der Waals surface area contributed by atoms with Gasteiger partial charge in [0.25, 0.3) is 5.91 Å². The number of aryl methyl sites for hydroxylation is 1. The Bertz CT molecular complexity index is 1240. The summed E-state index contributed by atoms with van der Waals surface area (Å²) in [5.74, 6) is 0.374. The summed E-state index contributed by atoms with van der Waals surface area (Å²) < 4.78 is 1.68. The van der Waals surface area contributed by atoms with Crippen molar-refractivity contribution in [3.05, 3.63) is 72.1 Å². The zero-order valence-corrected chi connectivity index (χ0v) is 17.5. The summed E-state index contributed by atoms with van der Waals surface area (Å²) in [5, 5.41) is 13.1. The molecule has 0 radical (unpaired) electrons. The monoisotopic (exact) mass is 412 g/mol. The molecule has 1 saturated heterocycles. The highest BCUT2D eigenvalue weighted by Gasteiger charge is 2.14. The van der Waals surface area contributed by atoms with Crippen molar-refractivity contribution < 1.29 is 4.79 Å². The van der Waals surface area contributed by atoms with Crippen LogP contribution in [0.25, 0.3) is 22.0 Å². The molecule has 0 atom stereocenters. The predicted octanol–water partition coefficient (Wildman–Crippen LogP) is 3.88. The Kier molecular flexibility index (Phi) is 5.18. The fourth-order valence-electron chi connectivity index (χ4n) is 4.05. The average Bonchev–Trinajstić information content (AvgIpc) is 3.45. The first-order valence-corrected chi connectivity index (χ1v) is 10.5. The van der Waals surface area contributed by atoms with Crippen LogP contribution in [0.5, 0.6) is 0 Å². The van der Waals surface area contributed by atoms with E-state index in [-0.39, 0.29) is 5.91 Å². The van der Waals surface area contributed by atoms with Crippen molar-refractivity contribution in [2.45, 2.75) is 19.4 Å². The van der Waals surface area contributed by atoms with Crippen molar-refractivity contribution >= 4 is 22.5 Å². The van der Waals surface area contributed by atoms with Crippen molar-refractivity contribution in [1.82, 2.24) is 24.9 Å². The van der Waals surface area contributed by atoms with Crippen LogP contribution in [0.15, 0.2) is 60.9 Å². The normalized spacial score (nSPS) is 14.2. The van der Waals surface area contributed by atoms with Gasteiger partial charge >= 0.3 is 0 Å². The summed E-state index contributed by atoms with van der Waals surface area (Å²) in [6.07, 6.45) is 6.16. The zero-order chi connectivity index (χ0) is 21.2. The minimum atomic E-state index is -0.153. The molecule has 31 heavy (non-hydrogen) atoms. The summed E-state index contributed by atoms with van der Waals surface area (Å²) in [6.45, 7) is 3.16. The number of nitrogens with one attached hydrogen (secondary N) is 1. The van der Waals surface area contributed by atoms with Crippen LogP contribution in [0.2, 0.25) is 0 Å². The van der Waals surface area contributed by atoms with Crippen LogP contribution in [-0.2, 0) is 13.6 Å². The highest BCUT2D eigenvalue weighted by molar-refractivity contribution is 6.04. The minimum Gasteiger partial charge on any atom is -0.307 e. The molecule has 3 heterocycles. The molecule has 0 aliphatic carbocycles. The smallest absolute Gasteiger partial charge is 0.256 e. The number of aromatic nitrogens is 4. The Labute approximate surface area is 180 Å². The summed E-state index contributed by atoms with van der Waals surface area (Å²) >= 11 is 0. The highest BCUT2D eigenvalue weighted by atomic mass is 16.1. The molecule has 0 spiro atoms. The van der Waals surface area contributed by atoms with Gasteiger partial charge < -0.3 is 5.32 Å². The van der Waals surface area contributed by atoms with Crippen molar-refractivity contribution in [2.24, 2.45) is 7.05 Å². The topological polar surface area (TPSA) is 75.9 Å². The number of carbonyl (C=O) groups is 1. The van der Waals surface area contributed by atoms with Crippen LogP contribution >= 0.6 is 0 Å². The standard InChI is InChI=1S/C24H24N6O/c1-29-16-22(27-28-29)18-7-8-20-14-25-23(13-21(20)12-18)26-24(31)19-6-4-5-17(11-19)15-30-9-2-3-10-30/h4-8,11-14,16H,2-3,9-10,15H2,1H3,(H,25,26,31). The molecule has 1 amide bonds. The largest absolute Gasteiger partial charge is 0.307 e. The summed E-state index contributed by atoms with van der Waals surface area (Å²) in [4.78, 5) is 19.7. The van der Waals surface area contributed by atoms with E-state index in [1.165, 1.54) is 12.8 Å². The maximum Gasteiger partial charge on any atom is 0.256 e. The Balaban J connectivity index is 1.35. The third kappa shape index (κ3) is 4.32. The first kappa shape index (κ1) is 19.4. The van der Waals surface area contributed by atoms with Gasteiger partial charge in [-0.2, -0.15) is 0 Å². The van der Waals surface area contributed by atoms with Gasteiger partial charge in [-0.05, 0) is 61.1 Å². The van der Waals surface area contributed by atoms with E-state index in [9.17, 15) is 4.79 Å². The molecule has 2 aromatic heterocycles. The maximum atomic E-state index is 12.8. The Morgan fingerprint density at radius 1 is 1.06 bits per heavy atom. The maximum absolute atomic E-state index is 12.8. The second-order valence-corrected chi connectivity index (χ2v) is 8.05. The SMILES string of the molecule is Cn1cc(-c2ccc3cnc(NC(=O)c4cccc(CN5CCCC5)c4)cc3c2)nn1. The molecule has 1 aliphatic heterocycles. The Morgan fingerprint density at radius 2 is 1.94 bits per heavy atom. The molecule has 0 unspecified atom stereocenters. The van der Waals surface area contributed by atoms with E-state index in [0.717, 1.165) is 47.2 Å². The van der Waals surface area contributed by atoms with Crippen LogP contribution < -0.4 is 5.32 Å². The van der Waals surface area contributed by atoms with Gasteiger partial charge in [0, 0.05) is 36.3 Å². The van der Waals surface area contributed by atoms with Crippen LogP contribution in [0.1, 0.15) is 28.8 Å². The number of fused-ring (bicyclic) bond motifs is 1. The average molecular weight is 412 g/mol. The van der Waals surface area contributed by atoms with Gasteiger partial charge in [0.2, 0.25) is 0 Å². The van der Waals surface area contributed by atoms with Gasteiger partial charge in [-0.3, -0.25) is 14.4 Å². The number of hydrogen-bond donors (Lipinski definition) is 1. The zero-order valence-electron chi connectivity index (χ0n) is 17.5. The third-order valence-corrected chi connectivity index (χ3v) is 5.66. The van der Waals surface area contributed by atoms with E-state index in [0.29, 0.717) is 11.4 Å². The van der Waals surface area contributed by atoms with Crippen LogP contribution in [-0.4, -0.2) is 43.9 Å². The number of anilines is 1. The van der Waals surface area contributed by atoms with E-state index in [1.807, 2.05) is 55.7 Å². The van der Waals surface area contributed by atoms with E-state index in [2.05, 4.69) is 31.6 Å². The van der Waals surface area contributed by atoms with Crippen molar-refractivity contribution in [1.29, 1.82) is 0 Å². The lowest BCUT2D eigenvalue weighted by molar-refractivity contribution is 0.102. The summed E-state index contributed by atoms with van der Waals surface area (Å²) in [5.41, 5.74) is 3.59. The predicted molar refractivity (Wildman–Crippen MR) is 121 cm³/mol. The van der Waals surface area contributed by atoms with E-state index < -0.39 is 0 Å². The molecule has 5 rings (SSSR count). The Hall–Kier alpha value is -3.58. The molecule has 7 heteroatoms. The van der Waals surface area contributed by atoms with Crippen molar-refractivity contribution in [2.75, 3.05) is 18.4 Å². The number of pyridine rings is 1. The third-order valence-electron chi connectivity index (χ3n) is 5.66. The molecule has 4 aromatic rings. The molecule has 1 aliphatic rings. The van der Waals surface area contributed by atoms with Crippen LogP contribution in [0, 0.1) is 0 Å². The van der Waals surface area contributed by atoms with E-state index in [1.54, 1.807) is 10.9 Å². The number of nitrogens with zero attached hydrogens (tertiary/aromatic N) is 5. The number of benzene rings is 2. The number of rotatable bonds is 5. The van der Waals surface area contributed by atoms with Gasteiger partial charge in [-0.15, -0.1) is 5.10 Å². The lowest BCUT2D eigenvalue weighted by atomic mass is 10.1. The molecule has 1 N–H and O–H groups in total. The minimum absolute atomic E-state index is 0.153. The fourth-order valence-corrected chi connectivity index (χ4v) is 4.05. The summed E-state index contributed by atoms with van der Waals surface area (Å²) in [6, 6.07) is 15.8. The molecular formula is C24H24N6O. The molecule has 0 saturated carbocycles. The van der Waals surface area contributed by atoms with E-state index in [4.69, 9.17) is 0 Å². The lowest BCUT2D eigenvalue weighted by Crippen LogP contribution is -2.19. The number of hydrogen-bond acceptors (Lipinski definition) is 5. The second-order valence-electron chi connectivity index (χ2n) is 8.05.